The van der Waals surface area contributed by atoms with Gasteiger partial charge in [-0.25, -0.2) is 9.37 Å². The number of carbonyl (C=O) groups excluding carboxylic acids is 1. The van der Waals surface area contributed by atoms with Gasteiger partial charge in [-0.2, -0.15) is 0 Å². The summed E-state index contributed by atoms with van der Waals surface area (Å²) in [7, 11) is 0. The predicted molar refractivity (Wildman–Crippen MR) is 101 cm³/mol. The largest absolute Gasteiger partial charge is 0.482 e. The van der Waals surface area contributed by atoms with E-state index in [9.17, 15) is 9.18 Å². The third-order valence-electron chi connectivity index (χ3n) is 4.11. The molecule has 1 aliphatic rings. The highest BCUT2D eigenvalue weighted by molar-refractivity contribution is 7.16. The molecule has 2 aromatic carbocycles. The van der Waals surface area contributed by atoms with Crippen molar-refractivity contribution < 1.29 is 13.9 Å². The average molecular weight is 369 g/mol. The highest BCUT2D eigenvalue weighted by Crippen LogP contribution is 2.36. The summed E-state index contributed by atoms with van der Waals surface area (Å²) in [5, 5.41) is 6.63. The van der Waals surface area contributed by atoms with Crippen LogP contribution < -0.4 is 15.4 Å². The van der Waals surface area contributed by atoms with Crippen LogP contribution in [0.2, 0.25) is 0 Å². The van der Waals surface area contributed by atoms with E-state index in [4.69, 9.17) is 4.74 Å². The lowest BCUT2D eigenvalue weighted by molar-refractivity contribution is -0.118. The number of thiazole rings is 1. The number of nitrogens with zero attached hydrogens (tertiary/aromatic N) is 1. The van der Waals surface area contributed by atoms with Crippen molar-refractivity contribution in [3.05, 3.63) is 52.7 Å². The molecule has 0 bridgehead atoms. The van der Waals surface area contributed by atoms with Crippen LogP contribution in [0.5, 0.6) is 5.75 Å². The van der Waals surface area contributed by atoms with E-state index in [0.717, 1.165) is 16.1 Å². The Labute approximate surface area is 153 Å². The molecule has 0 fully saturated rings. The minimum Gasteiger partial charge on any atom is -0.482 e. The molecule has 2 heterocycles. The second-order valence-electron chi connectivity index (χ2n) is 6.06. The molecule has 0 atom stereocenters. The van der Waals surface area contributed by atoms with Gasteiger partial charge in [-0.05, 0) is 49.7 Å². The summed E-state index contributed by atoms with van der Waals surface area (Å²) in [6.07, 6.45) is 0. The third-order valence-corrected chi connectivity index (χ3v) is 4.99. The molecule has 7 heteroatoms. The van der Waals surface area contributed by atoms with Crippen LogP contribution in [-0.2, 0) is 4.79 Å². The lowest BCUT2D eigenvalue weighted by Gasteiger charge is -2.18. The molecule has 2 N–H and O–H groups in total. The SMILES string of the molecule is Cc1ccc(Nc2nc(-c3ccc4c(c3)NC(=O)CO4)c(C)s2)cc1F. The lowest BCUT2D eigenvalue weighted by atomic mass is 10.1. The fourth-order valence-corrected chi connectivity index (χ4v) is 3.60. The summed E-state index contributed by atoms with van der Waals surface area (Å²) in [4.78, 5) is 17.2. The summed E-state index contributed by atoms with van der Waals surface area (Å²) in [6.45, 7) is 3.73. The fraction of sp³-hybridized carbons (Fsp3) is 0.158. The zero-order valence-corrected chi connectivity index (χ0v) is 15.0. The number of benzene rings is 2. The van der Waals surface area contributed by atoms with Gasteiger partial charge in [0.2, 0.25) is 0 Å². The number of amides is 1. The van der Waals surface area contributed by atoms with Crippen molar-refractivity contribution in [2.24, 2.45) is 0 Å². The second-order valence-corrected chi connectivity index (χ2v) is 7.26. The van der Waals surface area contributed by atoms with Crippen LogP contribution in [0.3, 0.4) is 0 Å². The van der Waals surface area contributed by atoms with Crippen molar-refractivity contribution in [3.8, 4) is 17.0 Å². The van der Waals surface area contributed by atoms with Gasteiger partial charge in [0.25, 0.3) is 5.91 Å². The molecule has 26 heavy (non-hydrogen) atoms. The fourth-order valence-electron chi connectivity index (χ4n) is 2.74. The second kappa shape index (κ2) is 6.42. The molecular formula is C19H16FN3O2S. The normalized spacial score (nSPS) is 13.0. The average Bonchev–Trinajstić information content (AvgIpc) is 2.98. The van der Waals surface area contributed by atoms with Gasteiger partial charge in [-0.3, -0.25) is 4.79 Å². The van der Waals surface area contributed by atoms with E-state index >= 15 is 0 Å². The summed E-state index contributed by atoms with van der Waals surface area (Å²) >= 11 is 1.49. The van der Waals surface area contributed by atoms with E-state index in [-0.39, 0.29) is 18.3 Å². The van der Waals surface area contributed by atoms with Crippen LogP contribution in [-0.4, -0.2) is 17.5 Å². The number of fused-ring (bicyclic) bond motifs is 1. The van der Waals surface area contributed by atoms with Gasteiger partial charge in [0, 0.05) is 16.1 Å². The molecule has 5 nitrogen and oxygen atoms in total. The van der Waals surface area contributed by atoms with Crippen molar-refractivity contribution in [2.45, 2.75) is 13.8 Å². The number of hydrogen-bond donors (Lipinski definition) is 2. The molecule has 132 valence electrons. The smallest absolute Gasteiger partial charge is 0.262 e. The summed E-state index contributed by atoms with van der Waals surface area (Å²) < 4.78 is 19.1. The first kappa shape index (κ1) is 16.5. The van der Waals surface area contributed by atoms with Gasteiger partial charge in [0.1, 0.15) is 11.6 Å². The standard InChI is InChI=1S/C19H16FN3O2S/c1-10-3-5-13(8-14(10)20)21-19-23-18(11(2)26-19)12-4-6-16-15(7-12)22-17(24)9-25-16/h3-8H,9H2,1-2H3,(H,21,23)(H,22,24). The molecular weight excluding hydrogens is 353 g/mol. The van der Waals surface area contributed by atoms with E-state index in [1.54, 1.807) is 13.0 Å². The number of aryl methyl sites for hydroxylation is 2. The van der Waals surface area contributed by atoms with E-state index in [2.05, 4.69) is 15.6 Å². The van der Waals surface area contributed by atoms with E-state index in [0.29, 0.717) is 27.8 Å². The number of anilines is 3. The van der Waals surface area contributed by atoms with Gasteiger partial charge in [-0.15, -0.1) is 11.3 Å². The van der Waals surface area contributed by atoms with Crippen LogP contribution >= 0.6 is 11.3 Å². The molecule has 0 unspecified atom stereocenters. The first-order chi connectivity index (χ1) is 12.5. The first-order valence-electron chi connectivity index (χ1n) is 8.07. The van der Waals surface area contributed by atoms with Gasteiger partial charge in [0.15, 0.2) is 11.7 Å². The molecule has 1 aromatic heterocycles. The molecule has 0 saturated heterocycles. The van der Waals surface area contributed by atoms with Crippen LogP contribution in [0.15, 0.2) is 36.4 Å². The highest BCUT2D eigenvalue weighted by Gasteiger charge is 2.18. The Morgan fingerprint density at radius 2 is 2.08 bits per heavy atom. The van der Waals surface area contributed by atoms with E-state index in [1.807, 2.05) is 31.2 Å². The summed E-state index contributed by atoms with van der Waals surface area (Å²) in [5.41, 5.74) is 3.59. The van der Waals surface area contributed by atoms with E-state index < -0.39 is 0 Å². The van der Waals surface area contributed by atoms with Crippen LogP contribution in [0.1, 0.15) is 10.4 Å². The number of nitrogens with one attached hydrogen (secondary N) is 2. The monoisotopic (exact) mass is 369 g/mol. The molecule has 1 aliphatic heterocycles. The maximum atomic E-state index is 13.7. The number of ether oxygens (including phenoxy) is 1. The Balaban J connectivity index is 1.63. The Morgan fingerprint density at radius 3 is 2.88 bits per heavy atom. The topological polar surface area (TPSA) is 63.2 Å². The van der Waals surface area contributed by atoms with E-state index in [1.165, 1.54) is 17.4 Å². The zero-order chi connectivity index (χ0) is 18.3. The number of carbonyl (C=O) groups is 1. The Bertz CT molecular complexity index is 1020. The molecule has 1 amide bonds. The number of hydrogen-bond acceptors (Lipinski definition) is 5. The molecule has 0 aliphatic carbocycles. The van der Waals surface area contributed by atoms with Gasteiger partial charge >= 0.3 is 0 Å². The maximum absolute atomic E-state index is 13.7. The Hall–Kier alpha value is -2.93. The van der Waals surface area contributed by atoms with Gasteiger partial charge in [0.05, 0.1) is 11.4 Å². The number of halogens is 1. The molecule has 0 radical (unpaired) electrons. The Morgan fingerprint density at radius 1 is 1.23 bits per heavy atom. The van der Waals surface area contributed by atoms with Crippen molar-refractivity contribution in [1.29, 1.82) is 0 Å². The minimum atomic E-state index is -0.256. The maximum Gasteiger partial charge on any atom is 0.262 e. The summed E-state index contributed by atoms with van der Waals surface area (Å²) in [6, 6.07) is 10.6. The molecule has 0 saturated carbocycles. The number of rotatable bonds is 3. The van der Waals surface area contributed by atoms with Gasteiger partial charge < -0.3 is 15.4 Å². The predicted octanol–water partition coefficient (Wildman–Crippen LogP) is 4.64. The van der Waals surface area contributed by atoms with Crippen LogP contribution in [0.25, 0.3) is 11.3 Å². The van der Waals surface area contributed by atoms with Gasteiger partial charge in [-0.1, -0.05) is 6.07 Å². The van der Waals surface area contributed by atoms with Crippen LogP contribution in [0, 0.1) is 19.7 Å². The highest BCUT2D eigenvalue weighted by atomic mass is 32.1. The first-order valence-corrected chi connectivity index (χ1v) is 8.89. The van der Waals surface area contributed by atoms with Crippen molar-refractivity contribution in [2.75, 3.05) is 17.2 Å². The molecule has 0 spiro atoms. The van der Waals surface area contributed by atoms with Crippen molar-refractivity contribution in [1.82, 2.24) is 4.98 Å². The molecule has 4 rings (SSSR count). The zero-order valence-electron chi connectivity index (χ0n) is 14.2. The Kier molecular flexibility index (Phi) is 4.08. The van der Waals surface area contributed by atoms with Crippen molar-refractivity contribution in [3.63, 3.8) is 0 Å². The van der Waals surface area contributed by atoms with Crippen molar-refractivity contribution >= 4 is 33.8 Å². The molecule has 3 aromatic rings. The minimum absolute atomic E-state index is 0.0310. The lowest BCUT2D eigenvalue weighted by Crippen LogP contribution is -2.25. The number of aromatic nitrogens is 1. The summed E-state index contributed by atoms with van der Waals surface area (Å²) in [5.74, 6) is 0.219. The van der Waals surface area contributed by atoms with Crippen LogP contribution in [0.4, 0.5) is 20.9 Å². The third kappa shape index (κ3) is 3.13. The quantitative estimate of drug-likeness (QED) is 0.706.